The minimum Gasteiger partial charge on any atom is -0.352 e. The van der Waals surface area contributed by atoms with Gasteiger partial charge in [-0.15, -0.1) is 0 Å². The van der Waals surface area contributed by atoms with Crippen LogP contribution in [0.4, 0.5) is 16.2 Å². The second-order valence-corrected chi connectivity index (χ2v) is 12.0. The second kappa shape index (κ2) is 11.3. The first-order valence-corrected chi connectivity index (χ1v) is 13.1. The zero-order valence-electron chi connectivity index (χ0n) is 22.0. The van der Waals surface area contributed by atoms with Crippen molar-refractivity contribution in [2.75, 3.05) is 23.7 Å². The smallest absolute Gasteiger partial charge is 0.225 e. The van der Waals surface area contributed by atoms with Gasteiger partial charge in [0.15, 0.2) is 5.82 Å². The van der Waals surface area contributed by atoms with Crippen LogP contribution in [-0.2, 0) is 23.2 Å². The Morgan fingerprint density at radius 1 is 1.23 bits per heavy atom. The fraction of sp³-hybridized carbons (Fsp3) is 0.630. The quantitative estimate of drug-likeness (QED) is 0.362. The van der Waals surface area contributed by atoms with Crippen molar-refractivity contribution < 1.29 is 9.18 Å². The molecule has 0 saturated carbocycles. The fourth-order valence-electron chi connectivity index (χ4n) is 4.47. The van der Waals surface area contributed by atoms with Crippen molar-refractivity contribution >= 4 is 29.3 Å². The van der Waals surface area contributed by atoms with Gasteiger partial charge >= 0.3 is 0 Å². The molecule has 0 saturated heterocycles. The van der Waals surface area contributed by atoms with Crippen LogP contribution in [0, 0.1) is 11.2 Å². The number of anilines is 2. The summed E-state index contributed by atoms with van der Waals surface area (Å²) in [5.41, 5.74) is 1.56. The van der Waals surface area contributed by atoms with E-state index in [0.29, 0.717) is 29.6 Å². The molecule has 0 unspecified atom stereocenters. The van der Waals surface area contributed by atoms with E-state index in [9.17, 15) is 9.18 Å². The van der Waals surface area contributed by atoms with E-state index in [1.165, 1.54) is 6.07 Å². The maximum Gasteiger partial charge on any atom is 0.225 e. The van der Waals surface area contributed by atoms with E-state index in [1.54, 1.807) is 0 Å². The number of hydrogen-bond donors (Lipinski definition) is 3. The average molecular weight is 506 g/mol. The predicted molar refractivity (Wildman–Crippen MR) is 143 cm³/mol. The first-order valence-electron chi connectivity index (χ1n) is 12.7. The van der Waals surface area contributed by atoms with Crippen molar-refractivity contribution in [3.05, 3.63) is 40.3 Å². The highest BCUT2D eigenvalue weighted by Gasteiger charge is 2.28. The molecule has 0 radical (unpaired) electrons. The Balaban J connectivity index is 1.82. The molecule has 1 amide bonds. The van der Waals surface area contributed by atoms with Gasteiger partial charge in [0, 0.05) is 30.6 Å². The van der Waals surface area contributed by atoms with Gasteiger partial charge in [0.25, 0.3) is 0 Å². The Labute approximate surface area is 214 Å². The third-order valence-electron chi connectivity index (χ3n) is 6.39. The molecule has 1 heterocycles. The number of fused-ring (bicyclic) bond motifs is 1. The van der Waals surface area contributed by atoms with Crippen molar-refractivity contribution in [1.82, 2.24) is 14.9 Å². The number of halogens is 2. The van der Waals surface area contributed by atoms with E-state index in [-0.39, 0.29) is 28.7 Å². The Hall–Kier alpha value is -2.12. The molecule has 0 bridgehead atoms. The first kappa shape index (κ1) is 27.5. The van der Waals surface area contributed by atoms with Crippen LogP contribution in [0.1, 0.15) is 78.4 Å². The number of nitrogens with zero attached hydrogens (tertiary/aromatic N) is 2. The number of nitrogens with one attached hydrogen (secondary N) is 3. The summed E-state index contributed by atoms with van der Waals surface area (Å²) in [6.07, 6.45) is 6.35. The van der Waals surface area contributed by atoms with E-state index in [2.05, 4.69) is 62.1 Å². The molecule has 0 aliphatic heterocycles. The molecule has 8 heteroatoms. The van der Waals surface area contributed by atoms with E-state index < -0.39 is 0 Å². The largest absolute Gasteiger partial charge is 0.352 e. The molecule has 6 nitrogen and oxygen atoms in total. The molecule has 0 spiro atoms. The first-order chi connectivity index (χ1) is 16.4. The van der Waals surface area contributed by atoms with Crippen LogP contribution in [0.3, 0.4) is 0 Å². The number of aromatic nitrogens is 2. The van der Waals surface area contributed by atoms with Crippen molar-refractivity contribution in [3.8, 4) is 0 Å². The molecule has 0 fully saturated rings. The van der Waals surface area contributed by atoms with Crippen LogP contribution in [-0.4, -0.2) is 34.6 Å². The minimum absolute atomic E-state index is 0.0290. The highest BCUT2D eigenvalue weighted by atomic mass is 35.5. The zero-order valence-corrected chi connectivity index (χ0v) is 22.8. The summed E-state index contributed by atoms with van der Waals surface area (Å²) in [4.78, 5) is 17.1. The lowest BCUT2D eigenvalue weighted by atomic mass is 9.88. The maximum absolute atomic E-state index is 14.6. The molecule has 3 N–H and O–H groups in total. The average Bonchev–Trinajstić information content (AvgIpc) is 3.14. The lowest BCUT2D eigenvalue weighted by molar-refractivity contribution is -0.116. The summed E-state index contributed by atoms with van der Waals surface area (Å²) in [6.45, 7) is 14.6. The van der Waals surface area contributed by atoms with Gasteiger partial charge < -0.3 is 20.5 Å². The Bertz CT molecular complexity index is 1030. The van der Waals surface area contributed by atoms with Gasteiger partial charge in [0.05, 0.1) is 11.7 Å². The molecular weight excluding hydrogens is 465 g/mol. The number of benzene rings is 1. The van der Waals surface area contributed by atoms with Crippen LogP contribution >= 0.6 is 11.6 Å². The Morgan fingerprint density at radius 2 is 1.97 bits per heavy atom. The monoisotopic (exact) mass is 505 g/mol. The van der Waals surface area contributed by atoms with E-state index in [1.807, 2.05) is 12.3 Å². The Kier molecular flexibility index (Phi) is 8.86. The highest BCUT2D eigenvalue weighted by Crippen LogP contribution is 2.31. The van der Waals surface area contributed by atoms with Gasteiger partial charge in [0.2, 0.25) is 11.9 Å². The molecule has 1 aliphatic rings. The number of aryl methyl sites for hydroxylation is 1. The molecule has 194 valence electrons. The summed E-state index contributed by atoms with van der Waals surface area (Å²) in [5, 5.41) is 10.5. The maximum atomic E-state index is 14.6. The Morgan fingerprint density at radius 3 is 2.66 bits per heavy atom. The molecule has 2 aromatic rings. The SMILES string of the molecule is CCCCC(=O)Nc1cn(C(C)(C)CNCC(C)(C)C)c(N[C@H]2CCc3cc(Cl)cc(F)c3C2)n1. The van der Waals surface area contributed by atoms with Gasteiger partial charge in [0.1, 0.15) is 5.82 Å². The summed E-state index contributed by atoms with van der Waals surface area (Å²) in [6, 6.07) is 3.28. The van der Waals surface area contributed by atoms with Gasteiger partial charge in [-0.3, -0.25) is 4.79 Å². The summed E-state index contributed by atoms with van der Waals surface area (Å²) >= 11 is 6.06. The summed E-state index contributed by atoms with van der Waals surface area (Å²) in [7, 11) is 0. The number of hydrogen-bond acceptors (Lipinski definition) is 4. The summed E-state index contributed by atoms with van der Waals surface area (Å²) < 4.78 is 16.7. The second-order valence-electron chi connectivity index (χ2n) is 11.6. The van der Waals surface area contributed by atoms with Crippen molar-refractivity contribution in [2.24, 2.45) is 5.41 Å². The van der Waals surface area contributed by atoms with Crippen molar-refractivity contribution in [1.29, 1.82) is 0 Å². The number of carbonyl (C=O) groups is 1. The van der Waals surface area contributed by atoms with Crippen LogP contribution in [0.15, 0.2) is 18.3 Å². The number of unbranched alkanes of at least 4 members (excludes halogenated alkanes) is 1. The molecule has 1 aliphatic carbocycles. The normalized spacial score (nSPS) is 16.2. The number of carbonyl (C=O) groups excluding carboxylic acids is 1. The lowest BCUT2D eigenvalue weighted by Gasteiger charge is -2.32. The zero-order chi connectivity index (χ0) is 25.8. The molecule has 1 atom stereocenters. The van der Waals surface area contributed by atoms with Crippen LogP contribution in [0.25, 0.3) is 0 Å². The van der Waals surface area contributed by atoms with Crippen LogP contribution in [0.5, 0.6) is 0 Å². The topological polar surface area (TPSA) is 71.0 Å². The predicted octanol–water partition coefficient (Wildman–Crippen LogP) is 6.14. The van der Waals surface area contributed by atoms with Gasteiger partial charge in [-0.25, -0.2) is 4.39 Å². The molecule has 1 aromatic heterocycles. The number of amides is 1. The van der Waals surface area contributed by atoms with Crippen molar-refractivity contribution in [2.45, 2.75) is 91.6 Å². The number of rotatable bonds is 10. The minimum atomic E-state index is -0.307. The van der Waals surface area contributed by atoms with E-state index in [4.69, 9.17) is 16.6 Å². The lowest BCUT2D eigenvalue weighted by Crippen LogP contribution is -2.42. The number of imidazole rings is 1. The standard InChI is InChI=1S/C27H41ClFN5O/c1-7-8-9-24(35)32-23-15-34(27(5,6)17-30-16-26(2,3)4)25(33-23)31-20-11-10-18-12-19(28)13-22(29)21(18)14-20/h12-13,15,20,30H,7-11,14,16-17H2,1-6H3,(H,31,33)(H,32,35)/t20-/m0/s1. The fourth-order valence-corrected chi connectivity index (χ4v) is 4.69. The van der Waals surface area contributed by atoms with Crippen molar-refractivity contribution in [3.63, 3.8) is 0 Å². The highest BCUT2D eigenvalue weighted by molar-refractivity contribution is 6.30. The van der Waals surface area contributed by atoms with E-state index in [0.717, 1.165) is 49.9 Å². The third kappa shape index (κ3) is 7.68. The van der Waals surface area contributed by atoms with Crippen LogP contribution < -0.4 is 16.0 Å². The molecule has 3 rings (SSSR count). The van der Waals surface area contributed by atoms with Gasteiger partial charge in [-0.2, -0.15) is 4.98 Å². The summed E-state index contributed by atoms with van der Waals surface area (Å²) in [5.74, 6) is 0.933. The van der Waals surface area contributed by atoms with Crippen LogP contribution in [0.2, 0.25) is 5.02 Å². The van der Waals surface area contributed by atoms with E-state index >= 15 is 0 Å². The van der Waals surface area contributed by atoms with Gasteiger partial charge in [-0.1, -0.05) is 45.7 Å². The third-order valence-corrected chi connectivity index (χ3v) is 6.61. The molecule has 1 aromatic carbocycles. The van der Waals surface area contributed by atoms with Gasteiger partial charge in [-0.05, 0) is 68.2 Å². The molecular formula is C27H41ClFN5O. The molecule has 35 heavy (non-hydrogen) atoms.